The molecule has 3 aromatic rings. The second-order valence-electron chi connectivity index (χ2n) is 10.3. The summed E-state index contributed by atoms with van der Waals surface area (Å²) in [4.78, 5) is 25.6. The Morgan fingerprint density at radius 1 is 1.00 bits per heavy atom. The molecule has 0 aliphatic carbocycles. The van der Waals surface area contributed by atoms with Crippen molar-refractivity contribution in [2.75, 3.05) is 55.0 Å². The SMILES string of the molecule is CN1CCN(c2ccc(Nc3ncc4c(n3)N(c3cnccn3)[C@@H]3CC(C)(C)OCC43)cc2)CC1. The number of fused-ring (bicyclic) bond motifs is 3. The monoisotopic (exact) mass is 472 g/mol. The maximum Gasteiger partial charge on any atom is 0.229 e. The lowest BCUT2D eigenvalue weighted by Gasteiger charge is -2.40. The number of nitrogens with one attached hydrogen (secondary N) is 1. The number of benzene rings is 1. The summed E-state index contributed by atoms with van der Waals surface area (Å²) in [6.45, 7) is 9.23. The van der Waals surface area contributed by atoms with E-state index < -0.39 is 0 Å². The van der Waals surface area contributed by atoms with Gasteiger partial charge in [-0.2, -0.15) is 4.98 Å². The Morgan fingerprint density at radius 3 is 2.54 bits per heavy atom. The third-order valence-electron chi connectivity index (χ3n) is 7.36. The van der Waals surface area contributed by atoms with Gasteiger partial charge in [0.1, 0.15) is 5.82 Å². The van der Waals surface area contributed by atoms with E-state index in [1.54, 1.807) is 18.6 Å². The number of aromatic nitrogens is 4. The van der Waals surface area contributed by atoms with Gasteiger partial charge < -0.3 is 24.8 Å². The number of hydrogen-bond acceptors (Lipinski definition) is 9. The van der Waals surface area contributed by atoms with E-state index in [0.29, 0.717) is 12.6 Å². The van der Waals surface area contributed by atoms with E-state index in [9.17, 15) is 0 Å². The Morgan fingerprint density at radius 2 is 1.80 bits per heavy atom. The first kappa shape index (κ1) is 22.2. The highest BCUT2D eigenvalue weighted by atomic mass is 16.5. The molecule has 5 heterocycles. The smallest absolute Gasteiger partial charge is 0.229 e. The van der Waals surface area contributed by atoms with E-state index in [0.717, 1.165) is 55.5 Å². The third-order valence-corrected chi connectivity index (χ3v) is 7.36. The van der Waals surface area contributed by atoms with Crippen molar-refractivity contribution in [3.05, 3.63) is 54.6 Å². The molecule has 0 spiro atoms. The molecule has 6 rings (SSSR count). The highest BCUT2D eigenvalue weighted by Gasteiger charge is 2.47. The summed E-state index contributed by atoms with van der Waals surface area (Å²) in [7, 11) is 2.18. The summed E-state index contributed by atoms with van der Waals surface area (Å²) in [6, 6.07) is 8.74. The topological polar surface area (TPSA) is 82.5 Å². The zero-order valence-electron chi connectivity index (χ0n) is 20.6. The molecule has 3 aliphatic heterocycles. The van der Waals surface area contributed by atoms with Gasteiger partial charge in [-0.3, -0.25) is 4.98 Å². The number of piperazine rings is 1. The van der Waals surface area contributed by atoms with Gasteiger partial charge in [0.25, 0.3) is 0 Å². The minimum absolute atomic E-state index is 0.205. The molecule has 182 valence electrons. The van der Waals surface area contributed by atoms with Crippen molar-refractivity contribution >= 4 is 29.0 Å². The number of hydrogen-bond donors (Lipinski definition) is 1. The van der Waals surface area contributed by atoms with Crippen LogP contribution in [0.4, 0.5) is 29.0 Å². The maximum atomic E-state index is 6.17. The van der Waals surface area contributed by atoms with Gasteiger partial charge >= 0.3 is 0 Å². The maximum absolute atomic E-state index is 6.17. The van der Waals surface area contributed by atoms with E-state index in [4.69, 9.17) is 9.72 Å². The molecule has 1 unspecified atom stereocenters. The van der Waals surface area contributed by atoms with Crippen LogP contribution in [0, 0.1) is 0 Å². The predicted molar refractivity (Wildman–Crippen MR) is 137 cm³/mol. The summed E-state index contributed by atoms with van der Waals surface area (Å²) in [5.41, 5.74) is 3.11. The molecule has 0 bridgehead atoms. The van der Waals surface area contributed by atoms with Gasteiger partial charge in [0, 0.05) is 73.7 Å². The molecule has 2 aromatic heterocycles. The van der Waals surface area contributed by atoms with E-state index in [1.807, 2.05) is 6.20 Å². The number of anilines is 5. The predicted octanol–water partition coefficient (Wildman–Crippen LogP) is 3.56. The summed E-state index contributed by atoms with van der Waals surface area (Å²) < 4.78 is 6.17. The molecule has 0 saturated carbocycles. The van der Waals surface area contributed by atoms with Crippen LogP contribution in [-0.4, -0.2) is 76.3 Å². The van der Waals surface area contributed by atoms with Gasteiger partial charge in [0.15, 0.2) is 5.82 Å². The first-order valence-corrected chi connectivity index (χ1v) is 12.3. The Kier molecular flexibility index (Phi) is 5.53. The molecule has 2 atom stereocenters. The molecular formula is C26H32N8O. The molecule has 35 heavy (non-hydrogen) atoms. The van der Waals surface area contributed by atoms with Gasteiger partial charge in [0.2, 0.25) is 5.95 Å². The van der Waals surface area contributed by atoms with Crippen molar-refractivity contribution in [3.63, 3.8) is 0 Å². The van der Waals surface area contributed by atoms with Gasteiger partial charge in [-0.05, 0) is 51.6 Å². The highest BCUT2D eigenvalue weighted by molar-refractivity contribution is 5.69. The standard InChI is InChI=1S/C26H32N8O/c1-26(2)14-22-21(17-35-26)20-15-29-25(31-24(20)34(22)23-16-27-8-9-28-23)30-18-4-6-19(7-5-18)33-12-10-32(3)11-13-33/h4-9,15-16,21-22H,10-14,17H2,1-3H3,(H,29,30,31)/t21?,22-/m1/s1. The quantitative estimate of drug-likeness (QED) is 0.613. The Labute approximate surface area is 206 Å². The van der Waals surface area contributed by atoms with E-state index in [1.165, 1.54) is 5.69 Å². The van der Waals surface area contributed by atoms with E-state index in [-0.39, 0.29) is 17.6 Å². The van der Waals surface area contributed by atoms with Crippen molar-refractivity contribution in [1.82, 2.24) is 24.8 Å². The second kappa shape index (κ2) is 8.73. The minimum atomic E-state index is -0.205. The molecule has 2 saturated heterocycles. The largest absolute Gasteiger partial charge is 0.375 e. The van der Waals surface area contributed by atoms with Crippen molar-refractivity contribution in [3.8, 4) is 0 Å². The molecular weight excluding hydrogens is 440 g/mol. The number of ether oxygens (including phenoxy) is 1. The van der Waals surface area contributed by atoms with Crippen molar-refractivity contribution in [2.24, 2.45) is 0 Å². The first-order chi connectivity index (χ1) is 17.0. The van der Waals surface area contributed by atoms with Crippen molar-refractivity contribution in [1.29, 1.82) is 0 Å². The first-order valence-electron chi connectivity index (χ1n) is 12.3. The molecule has 9 nitrogen and oxygen atoms in total. The van der Waals surface area contributed by atoms with E-state index in [2.05, 4.69) is 80.1 Å². The van der Waals surface area contributed by atoms with Crippen LogP contribution in [0.25, 0.3) is 0 Å². The lowest BCUT2D eigenvalue weighted by Crippen LogP contribution is -2.45. The van der Waals surface area contributed by atoms with Crippen LogP contribution in [0.15, 0.2) is 49.1 Å². The van der Waals surface area contributed by atoms with Crippen LogP contribution in [0.5, 0.6) is 0 Å². The van der Waals surface area contributed by atoms with Crippen LogP contribution < -0.4 is 15.1 Å². The highest BCUT2D eigenvalue weighted by Crippen LogP contribution is 2.49. The fraction of sp³-hybridized carbons (Fsp3) is 0.462. The summed E-state index contributed by atoms with van der Waals surface area (Å²) >= 11 is 0. The van der Waals surface area contributed by atoms with Gasteiger partial charge in [-0.1, -0.05) is 0 Å². The molecule has 0 amide bonds. The lowest BCUT2D eigenvalue weighted by atomic mass is 9.85. The van der Waals surface area contributed by atoms with Gasteiger partial charge in [-0.25, -0.2) is 9.97 Å². The minimum Gasteiger partial charge on any atom is -0.375 e. The normalized spacial score (nSPS) is 23.6. The fourth-order valence-electron chi connectivity index (χ4n) is 5.40. The van der Waals surface area contributed by atoms with Crippen LogP contribution in [0.2, 0.25) is 0 Å². The van der Waals surface area contributed by atoms with Crippen LogP contribution in [0.1, 0.15) is 31.7 Å². The summed E-state index contributed by atoms with van der Waals surface area (Å²) in [5, 5.41) is 3.40. The molecule has 1 N–H and O–H groups in total. The van der Waals surface area contributed by atoms with Crippen LogP contribution in [-0.2, 0) is 4.74 Å². The third kappa shape index (κ3) is 4.30. The van der Waals surface area contributed by atoms with Gasteiger partial charge in [0.05, 0.1) is 18.4 Å². The average Bonchev–Trinajstić information content (AvgIpc) is 3.17. The van der Waals surface area contributed by atoms with Crippen molar-refractivity contribution < 1.29 is 4.74 Å². The number of likely N-dealkylation sites (N-methyl/N-ethyl adjacent to an activating group) is 1. The lowest BCUT2D eigenvalue weighted by molar-refractivity contribution is -0.0658. The summed E-state index contributed by atoms with van der Waals surface area (Å²) in [5.74, 6) is 2.47. The molecule has 1 aromatic carbocycles. The zero-order valence-corrected chi connectivity index (χ0v) is 20.6. The van der Waals surface area contributed by atoms with Crippen LogP contribution >= 0.6 is 0 Å². The zero-order chi connectivity index (χ0) is 24.0. The average molecular weight is 473 g/mol. The molecule has 0 radical (unpaired) electrons. The van der Waals surface area contributed by atoms with Crippen LogP contribution in [0.3, 0.4) is 0 Å². The van der Waals surface area contributed by atoms with Crippen molar-refractivity contribution in [2.45, 2.75) is 37.8 Å². The Hall–Kier alpha value is -3.30. The fourth-order valence-corrected chi connectivity index (χ4v) is 5.40. The Balaban J connectivity index is 1.26. The Bertz CT molecular complexity index is 1180. The molecule has 2 fully saturated rings. The van der Waals surface area contributed by atoms with Gasteiger partial charge in [-0.15, -0.1) is 0 Å². The molecule has 9 heteroatoms. The molecule has 3 aliphatic rings. The summed E-state index contributed by atoms with van der Waals surface area (Å²) in [6.07, 6.45) is 8.06. The second-order valence-corrected chi connectivity index (χ2v) is 10.3. The number of nitrogens with zero attached hydrogens (tertiary/aromatic N) is 7. The number of rotatable bonds is 4. The van der Waals surface area contributed by atoms with E-state index >= 15 is 0 Å².